The van der Waals surface area contributed by atoms with Gasteiger partial charge in [0.2, 0.25) is 0 Å². The van der Waals surface area contributed by atoms with Crippen LogP contribution in [-0.2, 0) is 13.5 Å². The number of hydrogen-bond donors (Lipinski definition) is 1. The van der Waals surface area contributed by atoms with Crippen LogP contribution in [0.1, 0.15) is 41.8 Å². The molecule has 0 radical (unpaired) electrons. The van der Waals surface area contributed by atoms with Gasteiger partial charge in [0.15, 0.2) is 0 Å². The molecule has 0 fully saturated rings. The fourth-order valence-corrected chi connectivity index (χ4v) is 2.86. The smallest absolute Gasteiger partial charge is 0.0834 e. The maximum absolute atomic E-state index is 6.32. The van der Waals surface area contributed by atoms with Gasteiger partial charge in [0, 0.05) is 7.05 Å². The first-order valence-corrected chi connectivity index (χ1v) is 7.87. The van der Waals surface area contributed by atoms with Gasteiger partial charge in [-0.15, -0.1) is 0 Å². The Morgan fingerprint density at radius 2 is 2.05 bits per heavy atom. The average molecular weight is 306 g/mol. The van der Waals surface area contributed by atoms with Gasteiger partial charge in [-0.1, -0.05) is 36.7 Å². The minimum absolute atomic E-state index is 0.187. The molecule has 0 aliphatic rings. The minimum atomic E-state index is 0.187. The van der Waals surface area contributed by atoms with Gasteiger partial charge < -0.3 is 5.32 Å². The Morgan fingerprint density at radius 1 is 1.29 bits per heavy atom. The molecule has 1 aromatic carbocycles. The molecule has 0 aliphatic heterocycles. The highest BCUT2D eigenvalue weighted by Crippen LogP contribution is 2.26. The molecule has 21 heavy (non-hydrogen) atoms. The fourth-order valence-electron chi connectivity index (χ4n) is 2.56. The van der Waals surface area contributed by atoms with Crippen LogP contribution in [0.15, 0.2) is 24.4 Å². The van der Waals surface area contributed by atoms with Crippen molar-refractivity contribution in [3.8, 4) is 0 Å². The zero-order chi connectivity index (χ0) is 15.4. The Balaban J connectivity index is 2.26. The summed E-state index contributed by atoms with van der Waals surface area (Å²) in [5.74, 6) is 0. The summed E-state index contributed by atoms with van der Waals surface area (Å²) in [6, 6.07) is 6.84. The predicted molar refractivity (Wildman–Crippen MR) is 88.9 cm³/mol. The molecule has 0 saturated heterocycles. The van der Waals surface area contributed by atoms with Gasteiger partial charge in [0.25, 0.3) is 0 Å². The fraction of sp³-hybridized carbons (Fsp3) is 0.471. The molecule has 0 amide bonds. The van der Waals surface area contributed by atoms with E-state index in [9.17, 15) is 0 Å². The van der Waals surface area contributed by atoms with Crippen molar-refractivity contribution in [1.82, 2.24) is 15.1 Å². The second-order valence-electron chi connectivity index (χ2n) is 5.63. The average Bonchev–Trinajstić information content (AvgIpc) is 2.78. The monoisotopic (exact) mass is 305 g/mol. The molecule has 0 saturated carbocycles. The Morgan fingerprint density at radius 3 is 2.62 bits per heavy atom. The van der Waals surface area contributed by atoms with Crippen LogP contribution < -0.4 is 5.32 Å². The van der Waals surface area contributed by atoms with E-state index in [0.717, 1.165) is 30.1 Å². The van der Waals surface area contributed by atoms with Crippen molar-refractivity contribution in [2.75, 3.05) is 6.54 Å². The van der Waals surface area contributed by atoms with E-state index in [1.807, 2.05) is 11.7 Å². The van der Waals surface area contributed by atoms with E-state index in [0.29, 0.717) is 0 Å². The molecule has 114 valence electrons. The molecule has 1 unspecified atom stereocenters. The second kappa shape index (κ2) is 7.10. The van der Waals surface area contributed by atoms with Crippen molar-refractivity contribution in [1.29, 1.82) is 0 Å². The highest BCUT2D eigenvalue weighted by atomic mass is 35.5. The van der Waals surface area contributed by atoms with E-state index in [1.54, 1.807) is 6.20 Å². The summed E-state index contributed by atoms with van der Waals surface area (Å²) in [4.78, 5) is 0. The SMILES string of the molecule is CCCNC(Cc1ccc(C)c(C)c1)c1c(Cl)cnn1C. The Labute approximate surface area is 132 Å². The molecule has 0 aliphatic carbocycles. The summed E-state index contributed by atoms with van der Waals surface area (Å²) in [7, 11) is 1.95. The van der Waals surface area contributed by atoms with Crippen LogP contribution in [-0.4, -0.2) is 16.3 Å². The third kappa shape index (κ3) is 3.86. The van der Waals surface area contributed by atoms with Crippen LogP contribution >= 0.6 is 11.6 Å². The first-order chi connectivity index (χ1) is 10.0. The number of hydrogen-bond acceptors (Lipinski definition) is 2. The van der Waals surface area contributed by atoms with Crippen LogP contribution in [0.5, 0.6) is 0 Å². The normalized spacial score (nSPS) is 12.6. The molecular formula is C17H24ClN3. The molecule has 0 spiro atoms. The van der Waals surface area contributed by atoms with Gasteiger partial charge in [0.05, 0.1) is 23.0 Å². The Bertz CT molecular complexity index is 585. The molecule has 1 atom stereocenters. The first kappa shape index (κ1) is 16.1. The van der Waals surface area contributed by atoms with E-state index < -0.39 is 0 Å². The molecule has 4 heteroatoms. The van der Waals surface area contributed by atoms with E-state index in [4.69, 9.17) is 11.6 Å². The van der Waals surface area contributed by atoms with E-state index in [2.05, 4.69) is 49.4 Å². The lowest BCUT2D eigenvalue weighted by Gasteiger charge is -2.20. The van der Waals surface area contributed by atoms with Gasteiger partial charge in [-0.25, -0.2) is 0 Å². The second-order valence-corrected chi connectivity index (χ2v) is 6.04. The molecule has 0 bridgehead atoms. The number of rotatable bonds is 6. The van der Waals surface area contributed by atoms with Crippen molar-refractivity contribution in [3.05, 3.63) is 51.8 Å². The number of nitrogens with one attached hydrogen (secondary N) is 1. The largest absolute Gasteiger partial charge is 0.308 e. The van der Waals surface area contributed by atoms with Gasteiger partial charge >= 0.3 is 0 Å². The third-order valence-corrected chi connectivity index (χ3v) is 4.21. The van der Waals surface area contributed by atoms with E-state index in [-0.39, 0.29) is 6.04 Å². The van der Waals surface area contributed by atoms with Gasteiger partial charge in [-0.05, 0) is 49.9 Å². The summed E-state index contributed by atoms with van der Waals surface area (Å²) in [6.07, 6.45) is 3.73. The van der Waals surface area contributed by atoms with Crippen molar-refractivity contribution in [3.63, 3.8) is 0 Å². The number of aryl methyl sites for hydroxylation is 3. The predicted octanol–water partition coefficient (Wildman–Crippen LogP) is 3.97. The lowest BCUT2D eigenvalue weighted by molar-refractivity contribution is 0.493. The number of benzene rings is 1. The zero-order valence-electron chi connectivity index (χ0n) is 13.3. The van der Waals surface area contributed by atoms with Crippen LogP contribution in [0, 0.1) is 13.8 Å². The summed E-state index contributed by atoms with van der Waals surface area (Å²) >= 11 is 6.32. The topological polar surface area (TPSA) is 29.9 Å². The maximum Gasteiger partial charge on any atom is 0.0834 e. The van der Waals surface area contributed by atoms with Gasteiger partial charge in [0.1, 0.15) is 0 Å². The lowest BCUT2D eigenvalue weighted by atomic mass is 9.99. The number of halogens is 1. The standard InChI is InChI=1S/C17H24ClN3/c1-5-8-19-16(17-15(18)11-20-21(17)4)10-14-7-6-12(2)13(3)9-14/h6-7,9,11,16,19H,5,8,10H2,1-4H3. The van der Waals surface area contributed by atoms with Gasteiger partial charge in [-0.3, -0.25) is 4.68 Å². The molecule has 1 heterocycles. The van der Waals surface area contributed by atoms with Crippen molar-refractivity contribution < 1.29 is 0 Å². The van der Waals surface area contributed by atoms with Crippen LogP contribution in [0.3, 0.4) is 0 Å². The van der Waals surface area contributed by atoms with Crippen LogP contribution in [0.25, 0.3) is 0 Å². The van der Waals surface area contributed by atoms with Crippen molar-refractivity contribution in [2.24, 2.45) is 7.05 Å². The zero-order valence-corrected chi connectivity index (χ0v) is 14.0. The minimum Gasteiger partial charge on any atom is -0.308 e. The summed E-state index contributed by atoms with van der Waals surface area (Å²) in [6.45, 7) is 7.44. The lowest BCUT2D eigenvalue weighted by Crippen LogP contribution is -2.26. The van der Waals surface area contributed by atoms with E-state index in [1.165, 1.54) is 16.7 Å². The van der Waals surface area contributed by atoms with Crippen LogP contribution in [0.4, 0.5) is 0 Å². The maximum atomic E-state index is 6.32. The van der Waals surface area contributed by atoms with Crippen molar-refractivity contribution >= 4 is 11.6 Å². The number of nitrogens with zero attached hydrogens (tertiary/aromatic N) is 2. The molecule has 1 N–H and O–H groups in total. The highest BCUT2D eigenvalue weighted by Gasteiger charge is 2.19. The Hall–Kier alpha value is -1.32. The highest BCUT2D eigenvalue weighted by molar-refractivity contribution is 6.31. The van der Waals surface area contributed by atoms with Crippen molar-refractivity contribution in [2.45, 2.75) is 39.7 Å². The molecule has 2 rings (SSSR count). The summed E-state index contributed by atoms with van der Waals surface area (Å²) in [5, 5.41) is 8.59. The molecule has 3 nitrogen and oxygen atoms in total. The van der Waals surface area contributed by atoms with E-state index >= 15 is 0 Å². The first-order valence-electron chi connectivity index (χ1n) is 7.49. The quantitative estimate of drug-likeness (QED) is 0.875. The molecule has 1 aromatic heterocycles. The molecular weight excluding hydrogens is 282 g/mol. The Kier molecular flexibility index (Phi) is 5.43. The summed E-state index contributed by atoms with van der Waals surface area (Å²) in [5.41, 5.74) is 5.04. The summed E-state index contributed by atoms with van der Waals surface area (Å²) < 4.78 is 1.87. The van der Waals surface area contributed by atoms with Crippen LogP contribution in [0.2, 0.25) is 5.02 Å². The molecule has 2 aromatic rings. The third-order valence-electron chi connectivity index (χ3n) is 3.92. The number of aromatic nitrogens is 2. The van der Waals surface area contributed by atoms with Gasteiger partial charge in [-0.2, -0.15) is 5.10 Å².